The van der Waals surface area contributed by atoms with Crippen LogP contribution >= 0.6 is 0 Å². The van der Waals surface area contributed by atoms with Crippen LogP contribution in [0.2, 0.25) is 0 Å². The lowest BCUT2D eigenvalue weighted by Gasteiger charge is -2.14. The maximum atomic E-state index is 12.5. The van der Waals surface area contributed by atoms with Gasteiger partial charge in [0.1, 0.15) is 11.5 Å². The van der Waals surface area contributed by atoms with Crippen molar-refractivity contribution in [3.8, 4) is 11.5 Å². The molecule has 3 aromatic rings. The summed E-state index contributed by atoms with van der Waals surface area (Å²) in [6.07, 6.45) is 0. The Hall–Kier alpha value is -3.60. The average Bonchev–Trinajstić information content (AvgIpc) is 2.89. The highest BCUT2D eigenvalue weighted by atomic mass is 16.5. The third-order valence-corrected chi connectivity index (χ3v) is 4.00. The summed E-state index contributed by atoms with van der Waals surface area (Å²) in [7, 11) is 0. The largest absolute Gasteiger partial charge is 0.457 e. The Bertz CT molecular complexity index is 928. The molecule has 0 unspecified atom stereocenters. The molecule has 1 aliphatic heterocycles. The normalized spacial score (nSPS) is 13.0. The van der Waals surface area contributed by atoms with E-state index in [2.05, 4.69) is 0 Å². The van der Waals surface area contributed by atoms with Crippen molar-refractivity contribution in [2.24, 2.45) is 0 Å². The van der Waals surface area contributed by atoms with Gasteiger partial charge >= 0.3 is 0 Å². The molecule has 0 bridgehead atoms. The van der Waals surface area contributed by atoms with Gasteiger partial charge in [-0.05, 0) is 60.7 Å². The summed E-state index contributed by atoms with van der Waals surface area (Å²) < 4.78 is 5.72. The van der Waals surface area contributed by atoms with Gasteiger partial charge in [-0.25, -0.2) is 4.90 Å². The Morgan fingerprint density at radius 3 is 1.68 bits per heavy atom. The number of amides is 2. The monoisotopic (exact) mass is 330 g/mol. The molecule has 0 atom stereocenters. The van der Waals surface area contributed by atoms with Crippen LogP contribution in [0.3, 0.4) is 0 Å². The predicted molar refractivity (Wildman–Crippen MR) is 95.0 cm³/mol. The molecule has 1 heterocycles. The first kappa shape index (κ1) is 15.0. The number of hydrogen-bond acceptors (Lipinski definition) is 4. The van der Waals surface area contributed by atoms with Crippen LogP contribution in [0.1, 0.15) is 20.7 Å². The number of hydrogen-bond donors (Lipinski definition) is 1. The van der Waals surface area contributed by atoms with E-state index in [1.54, 1.807) is 72.8 Å². The lowest BCUT2D eigenvalue weighted by Crippen LogP contribution is -2.29. The van der Waals surface area contributed by atoms with E-state index in [-0.39, 0.29) is 11.8 Å². The summed E-state index contributed by atoms with van der Waals surface area (Å²) >= 11 is 0. The molecule has 25 heavy (non-hydrogen) atoms. The summed E-state index contributed by atoms with van der Waals surface area (Å²) in [5.74, 6) is 0.633. The van der Waals surface area contributed by atoms with E-state index in [1.165, 1.54) is 4.90 Å². The number of ether oxygens (including phenoxy) is 1. The third-order valence-electron chi connectivity index (χ3n) is 4.00. The molecule has 3 aromatic carbocycles. The second-order valence-electron chi connectivity index (χ2n) is 5.66. The second-order valence-corrected chi connectivity index (χ2v) is 5.66. The Labute approximate surface area is 144 Å². The summed E-state index contributed by atoms with van der Waals surface area (Å²) in [6, 6.07) is 20.7. The molecule has 5 heteroatoms. The van der Waals surface area contributed by atoms with Crippen molar-refractivity contribution in [2.75, 3.05) is 10.6 Å². The Morgan fingerprint density at radius 1 is 0.680 bits per heavy atom. The van der Waals surface area contributed by atoms with Crippen molar-refractivity contribution in [3.63, 3.8) is 0 Å². The highest BCUT2D eigenvalue weighted by molar-refractivity contribution is 6.34. The standard InChI is InChI=1S/C20H14N2O3/c21-13-5-9-15(10-6-13)25-16-11-7-14(8-12-16)22-19(23)17-3-1-2-4-18(17)20(22)24/h1-12H,21H2. The smallest absolute Gasteiger partial charge is 0.266 e. The quantitative estimate of drug-likeness (QED) is 0.584. The number of fused-ring (bicyclic) bond motifs is 1. The molecule has 5 nitrogen and oxygen atoms in total. The second kappa shape index (κ2) is 5.79. The minimum Gasteiger partial charge on any atom is -0.457 e. The van der Waals surface area contributed by atoms with Crippen LogP contribution in [-0.2, 0) is 0 Å². The van der Waals surface area contributed by atoms with E-state index in [4.69, 9.17) is 10.5 Å². The van der Waals surface area contributed by atoms with Gasteiger partial charge in [0.2, 0.25) is 0 Å². The molecular formula is C20H14N2O3. The van der Waals surface area contributed by atoms with Gasteiger partial charge in [0, 0.05) is 5.69 Å². The van der Waals surface area contributed by atoms with E-state index in [9.17, 15) is 9.59 Å². The maximum Gasteiger partial charge on any atom is 0.266 e. The van der Waals surface area contributed by atoms with E-state index in [0.717, 1.165) is 0 Å². The van der Waals surface area contributed by atoms with Crippen LogP contribution in [0.25, 0.3) is 0 Å². The molecule has 122 valence electrons. The fourth-order valence-electron chi connectivity index (χ4n) is 2.76. The number of benzene rings is 3. The summed E-state index contributed by atoms with van der Waals surface area (Å²) in [5.41, 5.74) is 7.67. The molecule has 1 aliphatic rings. The number of rotatable bonds is 3. The number of carbonyl (C=O) groups excluding carboxylic acids is 2. The highest BCUT2D eigenvalue weighted by Gasteiger charge is 2.36. The number of nitrogen functional groups attached to an aromatic ring is 1. The molecule has 4 rings (SSSR count). The highest BCUT2D eigenvalue weighted by Crippen LogP contribution is 2.30. The Kier molecular flexibility index (Phi) is 3.47. The number of nitrogens with two attached hydrogens (primary N) is 1. The van der Waals surface area contributed by atoms with E-state index in [1.807, 2.05) is 0 Å². The van der Waals surface area contributed by atoms with Gasteiger partial charge in [0.15, 0.2) is 0 Å². The zero-order valence-electron chi connectivity index (χ0n) is 13.2. The summed E-state index contributed by atoms with van der Waals surface area (Å²) in [6.45, 7) is 0. The fourth-order valence-corrected chi connectivity index (χ4v) is 2.76. The van der Waals surface area contributed by atoms with E-state index < -0.39 is 0 Å². The Balaban J connectivity index is 1.58. The first-order valence-electron chi connectivity index (χ1n) is 7.75. The van der Waals surface area contributed by atoms with Gasteiger partial charge in [0.05, 0.1) is 16.8 Å². The minimum atomic E-state index is -0.312. The molecule has 2 amide bonds. The summed E-state index contributed by atoms with van der Waals surface area (Å²) in [5, 5.41) is 0. The molecule has 0 saturated carbocycles. The SMILES string of the molecule is Nc1ccc(Oc2ccc(N3C(=O)c4ccccc4C3=O)cc2)cc1. The number of carbonyl (C=O) groups is 2. The van der Waals surface area contributed by atoms with Crippen molar-refractivity contribution in [1.29, 1.82) is 0 Å². The van der Waals surface area contributed by atoms with Crippen molar-refractivity contribution >= 4 is 23.2 Å². The molecule has 0 fully saturated rings. The number of nitrogens with zero attached hydrogens (tertiary/aromatic N) is 1. The van der Waals surface area contributed by atoms with E-state index in [0.29, 0.717) is 34.0 Å². The fraction of sp³-hybridized carbons (Fsp3) is 0. The van der Waals surface area contributed by atoms with Crippen LogP contribution in [0.4, 0.5) is 11.4 Å². The Morgan fingerprint density at radius 2 is 1.16 bits per heavy atom. The van der Waals surface area contributed by atoms with Crippen LogP contribution in [-0.4, -0.2) is 11.8 Å². The maximum absolute atomic E-state index is 12.5. The van der Waals surface area contributed by atoms with Gasteiger partial charge in [-0.1, -0.05) is 12.1 Å². The first-order valence-corrected chi connectivity index (χ1v) is 7.75. The molecule has 0 radical (unpaired) electrons. The lowest BCUT2D eigenvalue weighted by atomic mass is 10.1. The predicted octanol–water partition coefficient (Wildman–Crippen LogP) is 3.86. The lowest BCUT2D eigenvalue weighted by molar-refractivity contribution is 0.0926. The van der Waals surface area contributed by atoms with Gasteiger partial charge in [-0.3, -0.25) is 9.59 Å². The molecule has 0 aromatic heterocycles. The van der Waals surface area contributed by atoms with Crippen LogP contribution in [0.5, 0.6) is 11.5 Å². The van der Waals surface area contributed by atoms with Crippen molar-refractivity contribution < 1.29 is 14.3 Å². The molecular weight excluding hydrogens is 316 g/mol. The van der Waals surface area contributed by atoms with Gasteiger partial charge in [-0.2, -0.15) is 0 Å². The van der Waals surface area contributed by atoms with Crippen molar-refractivity contribution in [1.82, 2.24) is 0 Å². The molecule has 0 aliphatic carbocycles. The van der Waals surface area contributed by atoms with Crippen molar-refractivity contribution in [2.45, 2.75) is 0 Å². The zero-order valence-corrected chi connectivity index (χ0v) is 13.2. The minimum absolute atomic E-state index is 0.312. The van der Waals surface area contributed by atoms with Gasteiger partial charge < -0.3 is 10.5 Å². The first-order chi connectivity index (χ1) is 12.1. The van der Waals surface area contributed by atoms with E-state index >= 15 is 0 Å². The molecule has 2 N–H and O–H groups in total. The van der Waals surface area contributed by atoms with Crippen LogP contribution < -0.4 is 15.4 Å². The van der Waals surface area contributed by atoms with Gasteiger partial charge in [-0.15, -0.1) is 0 Å². The third kappa shape index (κ3) is 2.61. The number of imide groups is 1. The average molecular weight is 330 g/mol. The topological polar surface area (TPSA) is 72.6 Å². The zero-order chi connectivity index (χ0) is 17.4. The number of anilines is 2. The molecule has 0 spiro atoms. The summed E-state index contributed by atoms with van der Waals surface area (Å²) in [4.78, 5) is 26.1. The molecule has 0 saturated heterocycles. The van der Waals surface area contributed by atoms with Crippen molar-refractivity contribution in [3.05, 3.63) is 83.9 Å². The van der Waals surface area contributed by atoms with Gasteiger partial charge in [0.25, 0.3) is 11.8 Å². The van der Waals surface area contributed by atoms with Crippen LogP contribution in [0, 0.1) is 0 Å². The van der Waals surface area contributed by atoms with Crippen LogP contribution in [0.15, 0.2) is 72.8 Å².